The number of hydrogen-bond donors (Lipinski definition) is 0. The molecule has 0 nitrogen and oxygen atoms in total. The Kier molecular flexibility index (Phi) is 2.89. The zero-order valence-electron chi connectivity index (χ0n) is 11.7. The van der Waals surface area contributed by atoms with Gasteiger partial charge in [-0.15, -0.1) is 0 Å². The second-order valence-electron chi connectivity index (χ2n) is 6.99. The van der Waals surface area contributed by atoms with Crippen molar-refractivity contribution < 1.29 is 0 Å². The summed E-state index contributed by atoms with van der Waals surface area (Å²) in [6.45, 7) is 7.43. The van der Waals surface area contributed by atoms with E-state index in [2.05, 4.69) is 61.0 Å². The van der Waals surface area contributed by atoms with E-state index < -0.39 is 0 Å². The largest absolute Gasteiger partial charge is 0.0885 e. The van der Waals surface area contributed by atoms with Gasteiger partial charge in [-0.2, -0.15) is 0 Å². The van der Waals surface area contributed by atoms with E-state index in [1.807, 2.05) is 0 Å². The lowest BCUT2D eigenvalue weighted by Crippen LogP contribution is -2.52. The van der Waals surface area contributed by atoms with Crippen molar-refractivity contribution >= 4 is 15.9 Å². The second-order valence-corrected chi connectivity index (χ2v) is 8.10. The SMILES string of the molecule is CC1(C)C2CCc3ccccc3[C@@]2(C)CC[C@@H]1Br. The Morgan fingerprint density at radius 3 is 2.61 bits per heavy atom. The first-order chi connectivity index (χ1) is 8.46. The molecule has 0 amide bonds. The normalized spacial score (nSPS) is 37.8. The van der Waals surface area contributed by atoms with E-state index in [9.17, 15) is 0 Å². The number of benzene rings is 1. The third-order valence-electron chi connectivity index (χ3n) is 5.73. The molecule has 3 atom stereocenters. The van der Waals surface area contributed by atoms with E-state index in [1.54, 1.807) is 11.1 Å². The molecule has 0 bridgehead atoms. The van der Waals surface area contributed by atoms with Gasteiger partial charge >= 0.3 is 0 Å². The van der Waals surface area contributed by atoms with Crippen LogP contribution in [0.25, 0.3) is 0 Å². The van der Waals surface area contributed by atoms with Crippen LogP contribution >= 0.6 is 15.9 Å². The minimum atomic E-state index is 0.391. The lowest BCUT2D eigenvalue weighted by molar-refractivity contribution is 0.0492. The van der Waals surface area contributed by atoms with Crippen molar-refractivity contribution in [3.63, 3.8) is 0 Å². The zero-order chi connectivity index (χ0) is 13.0. The summed E-state index contributed by atoms with van der Waals surface area (Å²) in [5.41, 5.74) is 4.03. The fraction of sp³-hybridized carbons (Fsp3) is 0.647. The van der Waals surface area contributed by atoms with Crippen LogP contribution in [0.4, 0.5) is 0 Å². The van der Waals surface area contributed by atoms with Crippen LogP contribution in [-0.2, 0) is 11.8 Å². The van der Waals surface area contributed by atoms with Crippen LogP contribution < -0.4 is 0 Å². The van der Waals surface area contributed by atoms with Crippen molar-refractivity contribution in [3.05, 3.63) is 35.4 Å². The maximum Gasteiger partial charge on any atom is 0.0200 e. The van der Waals surface area contributed by atoms with Crippen molar-refractivity contribution in [1.82, 2.24) is 0 Å². The van der Waals surface area contributed by atoms with Crippen LogP contribution in [0.5, 0.6) is 0 Å². The number of rotatable bonds is 0. The highest BCUT2D eigenvalue weighted by molar-refractivity contribution is 9.09. The summed E-state index contributed by atoms with van der Waals surface area (Å²) in [4.78, 5) is 0.674. The van der Waals surface area contributed by atoms with Crippen LogP contribution in [0, 0.1) is 11.3 Å². The van der Waals surface area contributed by atoms with Gasteiger partial charge in [-0.3, -0.25) is 0 Å². The molecule has 1 saturated carbocycles. The molecule has 0 heterocycles. The van der Waals surface area contributed by atoms with Gasteiger partial charge in [0.1, 0.15) is 0 Å². The van der Waals surface area contributed by atoms with E-state index in [0.717, 1.165) is 5.92 Å². The van der Waals surface area contributed by atoms with E-state index in [1.165, 1.54) is 25.7 Å². The average Bonchev–Trinajstić information content (AvgIpc) is 2.35. The van der Waals surface area contributed by atoms with Gasteiger partial charge in [0, 0.05) is 4.83 Å². The first-order valence-electron chi connectivity index (χ1n) is 7.19. The number of alkyl halides is 1. The molecule has 0 aromatic heterocycles. The van der Waals surface area contributed by atoms with Crippen molar-refractivity contribution in [3.8, 4) is 0 Å². The number of hydrogen-bond acceptors (Lipinski definition) is 0. The average molecular weight is 307 g/mol. The molecule has 0 spiro atoms. The molecule has 0 radical (unpaired) electrons. The first-order valence-corrected chi connectivity index (χ1v) is 8.10. The first kappa shape index (κ1) is 12.7. The van der Waals surface area contributed by atoms with Crippen LogP contribution in [0.3, 0.4) is 0 Å². The van der Waals surface area contributed by atoms with E-state index in [4.69, 9.17) is 0 Å². The quantitative estimate of drug-likeness (QED) is 0.586. The van der Waals surface area contributed by atoms with Gasteiger partial charge in [0.05, 0.1) is 0 Å². The number of fused-ring (bicyclic) bond motifs is 3. The van der Waals surface area contributed by atoms with Gasteiger partial charge in [0.15, 0.2) is 0 Å². The van der Waals surface area contributed by atoms with Gasteiger partial charge in [-0.1, -0.05) is 61.0 Å². The predicted molar refractivity (Wildman–Crippen MR) is 81.3 cm³/mol. The Balaban J connectivity index is 2.10. The Hall–Kier alpha value is -0.300. The van der Waals surface area contributed by atoms with Crippen molar-refractivity contribution in [1.29, 1.82) is 0 Å². The molecule has 0 saturated heterocycles. The molecule has 0 aliphatic heterocycles. The highest BCUT2D eigenvalue weighted by Gasteiger charge is 2.52. The van der Waals surface area contributed by atoms with E-state index in [0.29, 0.717) is 15.7 Å². The third-order valence-corrected chi connectivity index (χ3v) is 7.36. The summed E-state index contributed by atoms with van der Waals surface area (Å²) in [6, 6.07) is 9.14. The van der Waals surface area contributed by atoms with Crippen LogP contribution in [0.2, 0.25) is 0 Å². The maximum absolute atomic E-state index is 3.94. The zero-order valence-corrected chi connectivity index (χ0v) is 13.3. The van der Waals surface area contributed by atoms with Crippen LogP contribution in [0.1, 0.15) is 51.2 Å². The summed E-state index contributed by atoms with van der Waals surface area (Å²) in [6.07, 6.45) is 5.24. The fourth-order valence-corrected chi connectivity index (χ4v) is 5.17. The molecule has 1 heteroatoms. The summed E-state index contributed by atoms with van der Waals surface area (Å²) >= 11 is 3.94. The van der Waals surface area contributed by atoms with Gasteiger partial charge in [0.2, 0.25) is 0 Å². The monoisotopic (exact) mass is 306 g/mol. The lowest BCUT2D eigenvalue weighted by Gasteiger charge is -2.56. The topological polar surface area (TPSA) is 0 Å². The number of aryl methyl sites for hydroxylation is 1. The molecular weight excluding hydrogens is 284 g/mol. The van der Waals surface area contributed by atoms with Crippen molar-refractivity contribution in [2.45, 2.75) is 56.7 Å². The van der Waals surface area contributed by atoms with Crippen LogP contribution in [-0.4, -0.2) is 4.83 Å². The Bertz CT molecular complexity index is 462. The summed E-state index contributed by atoms with van der Waals surface area (Å²) in [5.74, 6) is 0.804. The third kappa shape index (κ3) is 1.62. The predicted octanol–water partition coefficient (Wildman–Crippen LogP) is 5.09. The summed E-state index contributed by atoms with van der Waals surface area (Å²) in [7, 11) is 0. The van der Waals surface area contributed by atoms with Crippen LogP contribution in [0.15, 0.2) is 24.3 Å². The standard InChI is InChI=1S/C17H23Br/c1-16(2)14-9-8-12-6-4-5-7-13(12)17(14,3)11-10-15(16)18/h4-7,14-15H,8-11H2,1-3H3/t14?,15-,17+/m0/s1. The molecule has 98 valence electrons. The second kappa shape index (κ2) is 4.10. The molecule has 2 aliphatic rings. The fourth-order valence-electron chi connectivity index (χ4n) is 4.62. The van der Waals surface area contributed by atoms with Crippen molar-refractivity contribution in [2.75, 3.05) is 0 Å². The molecule has 18 heavy (non-hydrogen) atoms. The van der Waals surface area contributed by atoms with E-state index >= 15 is 0 Å². The molecule has 2 aliphatic carbocycles. The van der Waals surface area contributed by atoms with Crippen molar-refractivity contribution in [2.24, 2.45) is 11.3 Å². The van der Waals surface area contributed by atoms with Gasteiger partial charge in [-0.05, 0) is 53.6 Å². The van der Waals surface area contributed by atoms with Gasteiger partial charge < -0.3 is 0 Å². The molecular formula is C17H23Br. The number of halogens is 1. The molecule has 0 N–H and O–H groups in total. The molecule has 1 aromatic rings. The minimum absolute atomic E-state index is 0.391. The van der Waals surface area contributed by atoms with Gasteiger partial charge in [-0.25, -0.2) is 0 Å². The van der Waals surface area contributed by atoms with Gasteiger partial charge in [0.25, 0.3) is 0 Å². The highest BCUT2D eigenvalue weighted by Crippen LogP contribution is 2.58. The lowest BCUT2D eigenvalue weighted by atomic mass is 9.50. The Morgan fingerprint density at radius 2 is 1.83 bits per heavy atom. The summed E-state index contributed by atoms with van der Waals surface area (Å²) in [5, 5.41) is 0. The highest BCUT2D eigenvalue weighted by atomic mass is 79.9. The molecule has 1 fully saturated rings. The molecule has 1 unspecified atom stereocenters. The minimum Gasteiger partial charge on any atom is -0.0885 e. The smallest absolute Gasteiger partial charge is 0.0200 e. The Morgan fingerprint density at radius 1 is 1.11 bits per heavy atom. The molecule has 3 rings (SSSR count). The maximum atomic E-state index is 3.94. The molecule has 1 aromatic carbocycles. The van der Waals surface area contributed by atoms with E-state index in [-0.39, 0.29) is 0 Å². The summed E-state index contributed by atoms with van der Waals surface area (Å²) < 4.78 is 0. The Labute approximate surface area is 119 Å².